The summed E-state index contributed by atoms with van der Waals surface area (Å²) in [4.78, 5) is 46.4. The number of nitrogens with one attached hydrogen (secondary N) is 2. The van der Waals surface area contributed by atoms with E-state index in [1.165, 1.54) is 18.0 Å². The van der Waals surface area contributed by atoms with Gasteiger partial charge in [-0.2, -0.15) is 4.98 Å². The third-order valence-electron chi connectivity index (χ3n) is 4.68. The van der Waals surface area contributed by atoms with Gasteiger partial charge in [-0.15, -0.1) is 0 Å². The number of hydrogen-bond acceptors (Lipinski definition) is 11. The second-order valence-corrected chi connectivity index (χ2v) is 8.58. The van der Waals surface area contributed by atoms with Crippen molar-refractivity contribution in [1.82, 2.24) is 19.5 Å². The zero-order valence-electron chi connectivity index (χ0n) is 17.2. The van der Waals surface area contributed by atoms with E-state index in [4.69, 9.17) is 9.47 Å². The molecular formula is C16H23N5O9P-. The van der Waals surface area contributed by atoms with Crippen LogP contribution in [0.3, 0.4) is 0 Å². The minimum atomic E-state index is -4.53. The largest absolute Gasteiger partial charge is 0.756 e. The van der Waals surface area contributed by atoms with E-state index < -0.39 is 44.5 Å². The number of nitrogens with zero attached hydrogens (tertiary/aromatic N) is 3. The van der Waals surface area contributed by atoms with E-state index in [1.807, 2.05) is 0 Å². The first-order chi connectivity index (χ1) is 14.6. The van der Waals surface area contributed by atoms with Crippen LogP contribution >= 0.6 is 7.82 Å². The minimum Gasteiger partial charge on any atom is -0.756 e. The zero-order chi connectivity index (χ0) is 22.9. The topological polar surface area (TPSA) is 190 Å². The summed E-state index contributed by atoms with van der Waals surface area (Å²) in [5.41, 5.74) is -0.559. The quantitative estimate of drug-likeness (QED) is 0.415. The second-order valence-electron chi connectivity index (χ2n) is 7.06. The van der Waals surface area contributed by atoms with Crippen LogP contribution in [0.15, 0.2) is 11.1 Å². The molecule has 1 amide bonds. The van der Waals surface area contributed by atoms with Gasteiger partial charge in [-0.25, -0.2) is 4.98 Å². The number of aliphatic hydroxyl groups is 1. The van der Waals surface area contributed by atoms with Gasteiger partial charge >= 0.3 is 0 Å². The molecule has 3 N–H and O–H groups in total. The molecule has 0 spiro atoms. The first kappa shape index (κ1) is 23.5. The number of imidazole rings is 1. The van der Waals surface area contributed by atoms with Crippen molar-refractivity contribution in [1.29, 1.82) is 0 Å². The molecule has 15 heteroatoms. The molecule has 5 atom stereocenters. The van der Waals surface area contributed by atoms with Crippen LogP contribution in [-0.4, -0.2) is 69.7 Å². The number of ether oxygens (including phenoxy) is 2. The lowest BCUT2D eigenvalue weighted by molar-refractivity contribution is -0.226. The Balaban J connectivity index is 1.92. The number of amides is 1. The lowest BCUT2D eigenvalue weighted by atomic mass is 10.1. The van der Waals surface area contributed by atoms with Crippen LogP contribution in [0, 0.1) is 5.92 Å². The maximum absolute atomic E-state index is 12.4. The molecule has 0 aromatic carbocycles. The number of fused-ring (bicyclic) bond motifs is 1. The van der Waals surface area contributed by atoms with Gasteiger partial charge in [0.15, 0.2) is 17.4 Å². The van der Waals surface area contributed by atoms with E-state index in [1.54, 1.807) is 13.8 Å². The Kier molecular flexibility index (Phi) is 6.91. The normalized spacial score (nSPS) is 25.8. The summed E-state index contributed by atoms with van der Waals surface area (Å²) in [6.45, 7) is 2.84. The molecule has 2 aromatic heterocycles. The predicted octanol–water partition coefficient (Wildman–Crippen LogP) is -0.881. The number of methoxy groups -OCH3 is 1. The maximum Gasteiger partial charge on any atom is 0.280 e. The summed E-state index contributed by atoms with van der Waals surface area (Å²) >= 11 is 0. The average molecular weight is 460 g/mol. The first-order valence-corrected chi connectivity index (χ1v) is 10.7. The van der Waals surface area contributed by atoms with Gasteiger partial charge in [0, 0.05) is 20.1 Å². The Morgan fingerprint density at radius 1 is 1.48 bits per heavy atom. The van der Waals surface area contributed by atoms with Gasteiger partial charge in [0.1, 0.15) is 18.3 Å². The lowest BCUT2D eigenvalue weighted by Gasteiger charge is -2.23. The van der Waals surface area contributed by atoms with Crippen molar-refractivity contribution in [2.75, 3.05) is 26.1 Å². The molecule has 31 heavy (non-hydrogen) atoms. The van der Waals surface area contributed by atoms with Gasteiger partial charge in [0.25, 0.3) is 13.4 Å². The SMILES string of the molecule is COC1[C@@H](O)[C@@H](COP(=O)([O-])OC)O[C@H]1n1cnc2c(=O)[nH]c(NC(=O)C(C)C)nc21. The molecule has 0 aliphatic carbocycles. The molecule has 0 radical (unpaired) electrons. The van der Waals surface area contributed by atoms with Crippen molar-refractivity contribution in [2.24, 2.45) is 5.92 Å². The van der Waals surface area contributed by atoms with E-state index in [9.17, 15) is 24.2 Å². The number of aromatic amines is 1. The molecule has 2 aromatic rings. The van der Waals surface area contributed by atoms with Crippen molar-refractivity contribution in [2.45, 2.75) is 38.4 Å². The molecule has 0 saturated carbocycles. The molecule has 0 bridgehead atoms. The smallest absolute Gasteiger partial charge is 0.280 e. The number of H-pyrrole nitrogens is 1. The third-order valence-corrected chi connectivity index (χ3v) is 5.59. The van der Waals surface area contributed by atoms with Gasteiger partial charge in [-0.1, -0.05) is 13.8 Å². The van der Waals surface area contributed by atoms with Crippen LogP contribution in [0.2, 0.25) is 0 Å². The Morgan fingerprint density at radius 2 is 2.19 bits per heavy atom. The molecule has 1 fully saturated rings. The lowest BCUT2D eigenvalue weighted by Crippen LogP contribution is -2.35. The molecule has 1 saturated heterocycles. The molecule has 2 unspecified atom stereocenters. The van der Waals surface area contributed by atoms with Gasteiger partial charge in [-0.05, 0) is 0 Å². The number of anilines is 1. The van der Waals surface area contributed by atoms with Gasteiger partial charge in [-0.3, -0.25) is 29.0 Å². The summed E-state index contributed by atoms with van der Waals surface area (Å²) in [5.74, 6) is -0.784. The average Bonchev–Trinajstić information content (AvgIpc) is 3.27. The van der Waals surface area contributed by atoms with Crippen LogP contribution in [0.1, 0.15) is 20.1 Å². The number of phosphoric ester groups is 1. The molecular weight excluding hydrogens is 437 g/mol. The summed E-state index contributed by atoms with van der Waals surface area (Å²) in [5, 5.41) is 13.0. The fourth-order valence-corrected chi connectivity index (χ4v) is 3.42. The number of carbonyl (C=O) groups is 1. The van der Waals surface area contributed by atoms with Gasteiger partial charge in [0.05, 0.1) is 12.9 Å². The summed E-state index contributed by atoms with van der Waals surface area (Å²) in [7, 11) is -2.26. The second kappa shape index (κ2) is 9.12. The van der Waals surface area contributed by atoms with Crippen molar-refractivity contribution in [3.8, 4) is 0 Å². The van der Waals surface area contributed by atoms with Crippen LogP contribution in [-0.2, 0) is 27.9 Å². The highest BCUT2D eigenvalue weighted by molar-refractivity contribution is 7.45. The maximum atomic E-state index is 12.4. The van der Waals surface area contributed by atoms with Crippen LogP contribution in [0.4, 0.5) is 5.95 Å². The number of rotatable bonds is 8. The van der Waals surface area contributed by atoms with E-state index in [0.29, 0.717) is 0 Å². The highest BCUT2D eigenvalue weighted by atomic mass is 31.2. The number of phosphoric acid groups is 1. The zero-order valence-corrected chi connectivity index (χ0v) is 18.1. The van der Waals surface area contributed by atoms with Gasteiger partial charge < -0.3 is 28.5 Å². The summed E-state index contributed by atoms with van der Waals surface area (Å²) < 4.78 is 32.7. The highest BCUT2D eigenvalue weighted by Gasteiger charge is 2.46. The molecule has 14 nitrogen and oxygen atoms in total. The van der Waals surface area contributed by atoms with Crippen LogP contribution < -0.4 is 15.8 Å². The number of aliphatic hydroxyl groups excluding tert-OH is 1. The van der Waals surface area contributed by atoms with E-state index in [0.717, 1.165) is 7.11 Å². The summed E-state index contributed by atoms with van der Waals surface area (Å²) in [6, 6.07) is 0. The first-order valence-electron chi connectivity index (χ1n) is 9.23. The van der Waals surface area contributed by atoms with Crippen molar-refractivity contribution >= 4 is 30.8 Å². The predicted molar refractivity (Wildman–Crippen MR) is 103 cm³/mol. The Morgan fingerprint density at radius 3 is 2.81 bits per heavy atom. The monoisotopic (exact) mass is 460 g/mol. The molecule has 1 aliphatic heterocycles. The Labute approximate surface area is 176 Å². The fraction of sp³-hybridized carbons (Fsp3) is 0.625. The van der Waals surface area contributed by atoms with Crippen molar-refractivity contribution in [3.05, 3.63) is 16.7 Å². The van der Waals surface area contributed by atoms with Crippen LogP contribution in [0.5, 0.6) is 0 Å². The Hall–Kier alpha value is -2.19. The molecule has 3 rings (SSSR count). The molecule has 3 heterocycles. The number of hydrogen-bond donors (Lipinski definition) is 3. The third kappa shape index (κ3) is 4.85. The number of aromatic nitrogens is 4. The molecule has 172 valence electrons. The van der Waals surface area contributed by atoms with Crippen LogP contribution in [0.25, 0.3) is 11.2 Å². The van der Waals surface area contributed by atoms with Crippen molar-refractivity contribution < 1.29 is 37.9 Å². The van der Waals surface area contributed by atoms with E-state index in [-0.39, 0.29) is 28.9 Å². The molecule has 1 aliphatic rings. The highest BCUT2D eigenvalue weighted by Crippen LogP contribution is 2.39. The fourth-order valence-electron chi connectivity index (χ4n) is 2.98. The number of carbonyl (C=O) groups excluding carboxylic acids is 1. The standard InChI is InChI=1S/C16H24N5O9P/c1-7(2)13(23)19-16-18-12-9(14(24)20-16)17-6-21(12)15-11(27-3)10(22)8(30-15)5-29-31(25,26)28-4/h6-8,10-11,15,22H,5H2,1-4H3,(H,25,26)(H2,18,19,20,23,24)/p-1/t8-,10+,11?,15-/m1/s1. The van der Waals surface area contributed by atoms with E-state index >= 15 is 0 Å². The van der Waals surface area contributed by atoms with Crippen molar-refractivity contribution in [3.63, 3.8) is 0 Å². The van der Waals surface area contributed by atoms with E-state index in [2.05, 4.69) is 29.3 Å². The minimum absolute atomic E-state index is 0.0290. The Bertz CT molecular complexity index is 1050. The summed E-state index contributed by atoms with van der Waals surface area (Å²) in [6.07, 6.45) is -3.08. The van der Waals surface area contributed by atoms with Gasteiger partial charge in [0.2, 0.25) is 11.9 Å².